The summed E-state index contributed by atoms with van der Waals surface area (Å²) in [7, 11) is 0. The molecular weight excluding hydrogens is 202 g/mol. The lowest BCUT2D eigenvalue weighted by Crippen LogP contribution is -2.27. The average Bonchev–Trinajstić information content (AvgIpc) is 2.30. The predicted molar refractivity (Wildman–Crippen MR) is 64.0 cm³/mol. The van der Waals surface area contributed by atoms with E-state index in [4.69, 9.17) is 5.73 Å². The maximum atomic E-state index is 12.1. The zero-order chi connectivity index (χ0) is 12.3. The Labute approximate surface area is 96.4 Å². The number of nitrogens with two attached hydrogens (primary N) is 1. The van der Waals surface area contributed by atoms with E-state index < -0.39 is 0 Å². The minimum Gasteiger partial charge on any atom is -0.326 e. The Kier molecular flexibility index (Phi) is 4.19. The highest BCUT2D eigenvalue weighted by molar-refractivity contribution is 6.25. The molecule has 0 unspecified atom stereocenters. The lowest BCUT2D eigenvalue weighted by molar-refractivity contribution is -0.116. The van der Waals surface area contributed by atoms with Crippen molar-refractivity contribution in [3.05, 3.63) is 22.3 Å². The maximum absolute atomic E-state index is 12.1. The number of carbonyl (C=O) groups excluding carboxylic acids is 2. The minimum absolute atomic E-state index is 0.0155. The van der Waals surface area contributed by atoms with Crippen molar-refractivity contribution in [1.82, 2.24) is 0 Å². The molecule has 0 aliphatic heterocycles. The molecule has 0 saturated carbocycles. The van der Waals surface area contributed by atoms with E-state index in [1.54, 1.807) is 0 Å². The van der Waals surface area contributed by atoms with E-state index in [0.29, 0.717) is 41.6 Å². The van der Waals surface area contributed by atoms with Gasteiger partial charge in [-0.1, -0.05) is 20.8 Å². The van der Waals surface area contributed by atoms with Gasteiger partial charge in [0.15, 0.2) is 11.6 Å². The van der Waals surface area contributed by atoms with Crippen molar-refractivity contribution in [2.24, 2.45) is 5.73 Å². The molecule has 0 fully saturated rings. The van der Waals surface area contributed by atoms with Gasteiger partial charge in [-0.25, -0.2) is 0 Å². The minimum atomic E-state index is -0.0155. The van der Waals surface area contributed by atoms with Crippen molar-refractivity contribution in [3.8, 4) is 0 Å². The molecule has 0 heterocycles. The number of Topliss-reactive ketones (excluding diaryl/α,β-unsaturated/α-hetero) is 2. The first-order valence-corrected chi connectivity index (χ1v) is 5.85. The summed E-state index contributed by atoms with van der Waals surface area (Å²) in [6.07, 6.45) is 1.81. The van der Waals surface area contributed by atoms with E-state index in [1.807, 2.05) is 20.8 Å². The van der Waals surface area contributed by atoms with Crippen LogP contribution in [-0.2, 0) is 9.59 Å². The molecule has 0 aromatic rings. The molecule has 0 aromatic heterocycles. The topological polar surface area (TPSA) is 60.2 Å². The summed E-state index contributed by atoms with van der Waals surface area (Å²) in [6.45, 7) is 5.87. The largest absolute Gasteiger partial charge is 0.326 e. The van der Waals surface area contributed by atoms with E-state index in [0.717, 1.165) is 0 Å². The Morgan fingerprint density at radius 3 is 1.38 bits per heavy atom. The highest BCUT2D eigenvalue weighted by Gasteiger charge is 2.30. The first-order valence-electron chi connectivity index (χ1n) is 5.85. The number of hydrogen-bond acceptors (Lipinski definition) is 3. The molecule has 16 heavy (non-hydrogen) atoms. The molecule has 0 amide bonds. The summed E-state index contributed by atoms with van der Waals surface area (Å²) >= 11 is 0. The zero-order valence-corrected chi connectivity index (χ0v) is 10.2. The van der Waals surface area contributed by atoms with Crippen molar-refractivity contribution < 1.29 is 9.59 Å². The highest BCUT2D eigenvalue weighted by Crippen LogP contribution is 2.29. The lowest BCUT2D eigenvalue weighted by atomic mass is 9.81. The third kappa shape index (κ3) is 1.87. The van der Waals surface area contributed by atoms with E-state index in [1.165, 1.54) is 0 Å². The van der Waals surface area contributed by atoms with Crippen molar-refractivity contribution in [2.45, 2.75) is 40.0 Å². The summed E-state index contributed by atoms with van der Waals surface area (Å²) < 4.78 is 0. The first kappa shape index (κ1) is 12.8. The van der Waals surface area contributed by atoms with Gasteiger partial charge in [-0.3, -0.25) is 9.59 Å². The molecule has 0 saturated heterocycles. The van der Waals surface area contributed by atoms with Crippen LogP contribution in [-0.4, -0.2) is 18.1 Å². The summed E-state index contributed by atoms with van der Waals surface area (Å²) in [5.41, 5.74) is 8.04. The average molecular weight is 221 g/mol. The van der Waals surface area contributed by atoms with Gasteiger partial charge >= 0.3 is 0 Å². The van der Waals surface area contributed by atoms with Gasteiger partial charge in [0.1, 0.15) is 0 Å². The molecule has 88 valence electrons. The Hall–Kier alpha value is -1.22. The highest BCUT2D eigenvalue weighted by atomic mass is 16.1. The molecule has 0 atom stereocenters. The third-order valence-electron chi connectivity index (χ3n) is 3.09. The summed E-state index contributed by atoms with van der Waals surface area (Å²) in [4.78, 5) is 24.3. The SMILES string of the molecule is CCC1=C(CC)C(=O)C(CN)=C(CC)C1=O. The van der Waals surface area contributed by atoms with E-state index >= 15 is 0 Å². The number of carbonyl (C=O) groups is 2. The van der Waals surface area contributed by atoms with Crippen LogP contribution in [0.4, 0.5) is 0 Å². The van der Waals surface area contributed by atoms with Crippen molar-refractivity contribution >= 4 is 11.6 Å². The van der Waals surface area contributed by atoms with Crippen LogP contribution in [0.3, 0.4) is 0 Å². The molecule has 0 aromatic carbocycles. The van der Waals surface area contributed by atoms with Gasteiger partial charge in [0.2, 0.25) is 0 Å². The molecule has 1 rings (SSSR count). The van der Waals surface area contributed by atoms with Crippen LogP contribution in [0.15, 0.2) is 22.3 Å². The predicted octanol–water partition coefficient (Wildman–Crippen LogP) is 1.92. The molecule has 1 aliphatic rings. The van der Waals surface area contributed by atoms with Crippen LogP contribution < -0.4 is 5.73 Å². The number of rotatable bonds is 4. The van der Waals surface area contributed by atoms with Gasteiger partial charge < -0.3 is 5.73 Å². The molecule has 0 radical (unpaired) electrons. The second-order valence-corrected chi connectivity index (χ2v) is 3.84. The lowest BCUT2D eigenvalue weighted by Gasteiger charge is -2.21. The van der Waals surface area contributed by atoms with Gasteiger partial charge in [-0.15, -0.1) is 0 Å². The van der Waals surface area contributed by atoms with Gasteiger partial charge in [-0.2, -0.15) is 0 Å². The molecule has 2 N–H and O–H groups in total. The van der Waals surface area contributed by atoms with Gasteiger partial charge in [-0.05, 0) is 19.3 Å². The van der Waals surface area contributed by atoms with Crippen LogP contribution in [0.1, 0.15) is 40.0 Å². The molecule has 3 heteroatoms. The van der Waals surface area contributed by atoms with Crippen LogP contribution in [0, 0.1) is 0 Å². The second-order valence-electron chi connectivity index (χ2n) is 3.84. The Morgan fingerprint density at radius 1 is 0.750 bits per heavy atom. The van der Waals surface area contributed by atoms with Gasteiger partial charge in [0.25, 0.3) is 0 Å². The monoisotopic (exact) mass is 221 g/mol. The maximum Gasteiger partial charge on any atom is 0.187 e. The molecule has 0 bridgehead atoms. The molecule has 3 nitrogen and oxygen atoms in total. The summed E-state index contributed by atoms with van der Waals surface area (Å²) in [5.74, 6) is 0.0141. The Bertz CT molecular complexity index is 319. The quantitative estimate of drug-likeness (QED) is 0.738. The smallest absolute Gasteiger partial charge is 0.187 e. The fraction of sp³-hybridized carbons (Fsp3) is 0.538. The van der Waals surface area contributed by atoms with Crippen LogP contribution in [0.2, 0.25) is 0 Å². The summed E-state index contributed by atoms with van der Waals surface area (Å²) in [5, 5.41) is 0. The van der Waals surface area contributed by atoms with Crippen LogP contribution in [0.5, 0.6) is 0 Å². The van der Waals surface area contributed by atoms with Gasteiger partial charge in [0.05, 0.1) is 0 Å². The Morgan fingerprint density at radius 2 is 1.06 bits per heavy atom. The normalized spacial score (nSPS) is 17.5. The fourth-order valence-electron chi connectivity index (χ4n) is 2.25. The van der Waals surface area contributed by atoms with E-state index in [-0.39, 0.29) is 18.1 Å². The van der Waals surface area contributed by atoms with Crippen molar-refractivity contribution in [1.29, 1.82) is 0 Å². The number of ketones is 2. The van der Waals surface area contributed by atoms with E-state index in [2.05, 4.69) is 0 Å². The van der Waals surface area contributed by atoms with Crippen molar-refractivity contribution in [3.63, 3.8) is 0 Å². The molecule has 0 spiro atoms. The Balaban J connectivity index is 3.35. The van der Waals surface area contributed by atoms with Crippen molar-refractivity contribution in [2.75, 3.05) is 6.54 Å². The standard InChI is InChI=1S/C13H19NO2/c1-4-8-9(5-2)13(16)11(7-14)10(6-3)12(8)15/h4-7,14H2,1-3H3. The third-order valence-corrected chi connectivity index (χ3v) is 3.09. The second kappa shape index (κ2) is 5.21. The van der Waals surface area contributed by atoms with Crippen LogP contribution >= 0.6 is 0 Å². The van der Waals surface area contributed by atoms with Crippen LogP contribution in [0.25, 0.3) is 0 Å². The fourth-order valence-corrected chi connectivity index (χ4v) is 2.25. The number of hydrogen-bond donors (Lipinski definition) is 1. The molecular formula is C13H19NO2. The number of allylic oxidation sites excluding steroid dienone is 3. The molecule has 1 aliphatic carbocycles. The van der Waals surface area contributed by atoms with E-state index in [9.17, 15) is 9.59 Å². The van der Waals surface area contributed by atoms with Gasteiger partial charge in [0, 0.05) is 28.8 Å². The zero-order valence-electron chi connectivity index (χ0n) is 10.2. The first-order chi connectivity index (χ1) is 7.62. The summed E-state index contributed by atoms with van der Waals surface area (Å²) in [6, 6.07) is 0.